The number of hydrogen-bond acceptors (Lipinski definition) is 5. The molecule has 1 N–H and O–H groups in total. The van der Waals surface area contributed by atoms with Gasteiger partial charge in [-0.05, 0) is 49.6 Å². The van der Waals surface area contributed by atoms with E-state index in [0.29, 0.717) is 34.8 Å². The summed E-state index contributed by atoms with van der Waals surface area (Å²) in [6, 6.07) is 13.0. The van der Waals surface area contributed by atoms with Gasteiger partial charge in [-0.1, -0.05) is 25.1 Å². The Bertz CT molecular complexity index is 1240. The molecular formula is C25H24N2O5. The van der Waals surface area contributed by atoms with E-state index in [4.69, 9.17) is 14.2 Å². The second-order valence-electron chi connectivity index (χ2n) is 7.83. The molecule has 1 amide bonds. The van der Waals surface area contributed by atoms with Gasteiger partial charge in [-0.25, -0.2) is 4.79 Å². The molecule has 1 unspecified atom stereocenters. The van der Waals surface area contributed by atoms with Crippen LogP contribution >= 0.6 is 0 Å². The van der Waals surface area contributed by atoms with Crippen LogP contribution in [0.3, 0.4) is 0 Å². The number of carbonyl (C=O) groups excluding carboxylic acids is 2. The minimum Gasteiger partial charge on any atom is -0.462 e. The van der Waals surface area contributed by atoms with E-state index in [2.05, 4.69) is 4.98 Å². The zero-order chi connectivity index (χ0) is 22.2. The molecule has 2 aliphatic rings. The van der Waals surface area contributed by atoms with Gasteiger partial charge in [0.1, 0.15) is 0 Å². The number of benzene rings is 2. The summed E-state index contributed by atoms with van der Waals surface area (Å²) in [5.41, 5.74) is 3.51. The fraction of sp³-hybridized carbons (Fsp3) is 0.280. The second-order valence-corrected chi connectivity index (χ2v) is 7.83. The lowest BCUT2D eigenvalue weighted by atomic mass is 9.99. The molecule has 0 fully saturated rings. The van der Waals surface area contributed by atoms with E-state index in [9.17, 15) is 9.59 Å². The number of H-pyrrole nitrogens is 1. The fourth-order valence-corrected chi connectivity index (χ4v) is 4.39. The number of para-hydroxylation sites is 1. The molecule has 1 aromatic heterocycles. The molecule has 5 rings (SSSR count). The normalized spacial score (nSPS) is 17.0. The minimum atomic E-state index is -0.458. The van der Waals surface area contributed by atoms with Gasteiger partial charge in [0.05, 0.1) is 17.9 Å². The third kappa shape index (κ3) is 3.30. The average molecular weight is 432 g/mol. The minimum absolute atomic E-state index is 0.127. The van der Waals surface area contributed by atoms with Crippen LogP contribution in [0.15, 0.2) is 48.7 Å². The van der Waals surface area contributed by atoms with Gasteiger partial charge in [0.25, 0.3) is 5.91 Å². The van der Waals surface area contributed by atoms with E-state index in [-0.39, 0.29) is 25.3 Å². The van der Waals surface area contributed by atoms with Crippen molar-refractivity contribution >= 4 is 28.4 Å². The maximum Gasteiger partial charge on any atom is 0.341 e. The molecule has 7 nitrogen and oxygen atoms in total. The molecule has 32 heavy (non-hydrogen) atoms. The van der Waals surface area contributed by atoms with Crippen molar-refractivity contribution in [3.8, 4) is 11.5 Å². The van der Waals surface area contributed by atoms with Crippen molar-refractivity contribution in [3.05, 3.63) is 65.5 Å². The molecule has 2 aliphatic heterocycles. The predicted octanol–water partition coefficient (Wildman–Crippen LogP) is 4.28. The maximum atomic E-state index is 13.6. The van der Waals surface area contributed by atoms with E-state index >= 15 is 0 Å². The van der Waals surface area contributed by atoms with E-state index in [0.717, 1.165) is 22.9 Å². The quantitative estimate of drug-likeness (QED) is 0.623. The zero-order valence-electron chi connectivity index (χ0n) is 18.0. The molecule has 0 aliphatic carbocycles. The van der Waals surface area contributed by atoms with E-state index in [1.807, 2.05) is 31.2 Å². The van der Waals surface area contributed by atoms with Crippen LogP contribution in [-0.2, 0) is 16.0 Å². The average Bonchev–Trinajstić information content (AvgIpc) is 3.38. The van der Waals surface area contributed by atoms with E-state index in [1.165, 1.54) is 0 Å². The Labute approximate surface area is 185 Å². The number of carbonyl (C=O) groups is 2. The first-order valence-electron chi connectivity index (χ1n) is 10.8. The topological polar surface area (TPSA) is 80.9 Å². The van der Waals surface area contributed by atoms with Gasteiger partial charge in [-0.15, -0.1) is 0 Å². The number of fused-ring (bicyclic) bond motifs is 4. The molecule has 0 saturated carbocycles. The second kappa shape index (κ2) is 8.07. The molecular weight excluding hydrogens is 408 g/mol. The third-order valence-electron chi connectivity index (χ3n) is 6.00. The highest BCUT2D eigenvalue weighted by atomic mass is 16.7. The highest BCUT2D eigenvalue weighted by Crippen LogP contribution is 2.36. The van der Waals surface area contributed by atoms with Gasteiger partial charge in [0.15, 0.2) is 11.5 Å². The lowest BCUT2D eigenvalue weighted by Gasteiger charge is -2.27. The lowest BCUT2D eigenvalue weighted by molar-refractivity contribution is -0.136. The summed E-state index contributed by atoms with van der Waals surface area (Å²) in [5.74, 6) is 0.505. The molecule has 3 heterocycles. The number of hydrogen-bond donors (Lipinski definition) is 1. The van der Waals surface area contributed by atoms with Gasteiger partial charge in [-0.2, -0.15) is 0 Å². The Kier molecular flexibility index (Phi) is 5.09. The monoisotopic (exact) mass is 432 g/mol. The van der Waals surface area contributed by atoms with E-state index in [1.54, 1.807) is 36.2 Å². The van der Waals surface area contributed by atoms with Crippen LogP contribution in [0.4, 0.5) is 0 Å². The van der Waals surface area contributed by atoms with Gasteiger partial charge in [-0.3, -0.25) is 4.79 Å². The molecule has 0 saturated heterocycles. The molecule has 7 heteroatoms. The summed E-state index contributed by atoms with van der Waals surface area (Å²) < 4.78 is 16.2. The SMILES string of the molecule is CCOC(=O)C1=CN(C(=O)c2ccc3c(c2)OCO3)C(CC)Cc2c1[nH]c1ccccc21. The van der Waals surface area contributed by atoms with Crippen LogP contribution in [0.1, 0.15) is 41.9 Å². The summed E-state index contributed by atoms with van der Waals surface area (Å²) in [5, 5.41) is 1.05. The number of aromatic amines is 1. The Morgan fingerprint density at radius 2 is 1.94 bits per heavy atom. The summed E-state index contributed by atoms with van der Waals surface area (Å²) in [4.78, 5) is 31.6. The van der Waals surface area contributed by atoms with Crippen molar-refractivity contribution in [3.63, 3.8) is 0 Å². The van der Waals surface area contributed by atoms with Crippen molar-refractivity contribution in [2.75, 3.05) is 13.4 Å². The van der Waals surface area contributed by atoms with Crippen molar-refractivity contribution in [1.82, 2.24) is 9.88 Å². The molecule has 164 valence electrons. The fourth-order valence-electron chi connectivity index (χ4n) is 4.39. The predicted molar refractivity (Wildman–Crippen MR) is 119 cm³/mol. The van der Waals surface area contributed by atoms with Crippen LogP contribution in [0.5, 0.6) is 11.5 Å². The van der Waals surface area contributed by atoms with Crippen molar-refractivity contribution in [1.29, 1.82) is 0 Å². The van der Waals surface area contributed by atoms with E-state index < -0.39 is 5.97 Å². The van der Waals surface area contributed by atoms with Crippen LogP contribution in [0.25, 0.3) is 16.5 Å². The van der Waals surface area contributed by atoms with Crippen LogP contribution in [0, 0.1) is 0 Å². The summed E-state index contributed by atoms with van der Waals surface area (Å²) >= 11 is 0. The van der Waals surface area contributed by atoms with Gasteiger partial charge in [0.2, 0.25) is 6.79 Å². The summed E-state index contributed by atoms with van der Waals surface area (Å²) in [7, 11) is 0. The first-order valence-corrected chi connectivity index (χ1v) is 10.8. The Morgan fingerprint density at radius 3 is 2.75 bits per heavy atom. The molecule has 0 radical (unpaired) electrons. The molecule has 0 bridgehead atoms. The van der Waals surface area contributed by atoms with Crippen molar-refractivity contribution in [2.24, 2.45) is 0 Å². The number of aromatic nitrogens is 1. The Balaban J connectivity index is 1.62. The van der Waals surface area contributed by atoms with Gasteiger partial charge < -0.3 is 24.1 Å². The molecule has 1 atom stereocenters. The number of nitrogens with zero attached hydrogens (tertiary/aromatic N) is 1. The van der Waals surface area contributed by atoms with Crippen LogP contribution in [-0.4, -0.2) is 41.2 Å². The highest BCUT2D eigenvalue weighted by Gasteiger charge is 2.33. The van der Waals surface area contributed by atoms with Gasteiger partial charge in [0, 0.05) is 28.7 Å². The Hall–Kier alpha value is -3.74. The van der Waals surface area contributed by atoms with Crippen molar-refractivity contribution < 1.29 is 23.8 Å². The number of nitrogens with one attached hydrogen (secondary N) is 1. The summed E-state index contributed by atoms with van der Waals surface area (Å²) in [6.07, 6.45) is 2.98. The number of amides is 1. The largest absolute Gasteiger partial charge is 0.462 e. The number of rotatable bonds is 4. The standard InChI is InChI=1S/C25H24N2O5/c1-3-16-12-18-17-7-5-6-8-20(17)26-23(18)19(25(29)30-4-2)13-27(16)24(28)15-9-10-21-22(11-15)32-14-31-21/h5-11,13,16,26H,3-4,12,14H2,1-2H3. The number of esters is 1. The van der Waals surface area contributed by atoms with Gasteiger partial charge >= 0.3 is 5.97 Å². The Morgan fingerprint density at radius 1 is 1.12 bits per heavy atom. The smallest absolute Gasteiger partial charge is 0.341 e. The third-order valence-corrected chi connectivity index (χ3v) is 6.00. The molecule has 0 spiro atoms. The van der Waals surface area contributed by atoms with Crippen LogP contribution < -0.4 is 9.47 Å². The maximum absolute atomic E-state index is 13.6. The highest BCUT2D eigenvalue weighted by molar-refractivity contribution is 6.18. The number of ether oxygens (including phenoxy) is 3. The van der Waals surface area contributed by atoms with Crippen LogP contribution in [0.2, 0.25) is 0 Å². The summed E-state index contributed by atoms with van der Waals surface area (Å²) in [6.45, 7) is 4.20. The molecule has 3 aromatic rings. The first-order chi connectivity index (χ1) is 15.6. The zero-order valence-corrected chi connectivity index (χ0v) is 18.0. The van der Waals surface area contributed by atoms with Crippen molar-refractivity contribution in [2.45, 2.75) is 32.7 Å². The first kappa shape index (κ1) is 20.2. The lowest BCUT2D eigenvalue weighted by Crippen LogP contribution is -2.37. The molecule has 2 aromatic carbocycles.